The Labute approximate surface area is 155 Å². The molecule has 2 saturated heterocycles. The molecule has 0 N–H and O–H groups in total. The van der Waals surface area contributed by atoms with Crippen LogP contribution in [-0.2, 0) is 26.0 Å². The molecular formula is C19H26N2O4S. The van der Waals surface area contributed by atoms with Crippen molar-refractivity contribution in [3.63, 3.8) is 0 Å². The van der Waals surface area contributed by atoms with Crippen molar-refractivity contribution >= 4 is 21.7 Å². The monoisotopic (exact) mass is 378 g/mol. The summed E-state index contributed by atoms with van der Waals surface area (Å²) in [5.41, 5.74) is 1.04. The highest BCUT2D eigenvalue weighted by molar-refractivity contribution is 7.91. The molecule has 0 saturated carbocycles. The number of nitrogens with zero attached hydrogens (tertiary/aromatic N) is 2. The maximum atomic E-state index is 13.0. The fourth-order valence-electron chi connectivity index (χ4n) is 3.86. The average molecular weight is 378 g/mol. The van der Waals surface area contributed by atoms with E-state index in [-0.39, 0.29) is 41.7 Å². The Morgan fingerprint density at radius 2 is 2.00 bits per heavy atom. The molecule has 3 rings (SSSR count). The molecule has 2 aliphatic rings. The van der Waals surface area contributed by atoms with Gasteiger partial charge in [-0.1, -0.05) is 37.3 Å². The number of sulfone groups is 1. The molecule has 7 heteroatoms. The summed E-state index contributed by atoms with van der Waals surface area (Å²) in [4.78, 5) is 28.8. The Balaban J connectivity index is 1.67. The first kappa shape index (κ1) is 18.9. The van der Waals surface area contributed by atoms with E-state index >= 15 is 0 Å². The van der Waals surface area contributed by atoms with E-state index in [4.69, 9.17) is 0 Å². The molecule has 0 unspecified atom stereocenters. The van der Waals surface area contributed by atoms with Crippen molar-refractivity contribution in [1.29, 1.82) is 0 Å². The van der Waals surface area contributed by atoms with Gasteiger partial charge in [0.25, 0.3) is 0 Å². The Morgan fingerprint density at radius 1 is 1.27 bits per heavy atom. The van der Waals surface area contributed by atoms with Gasteiger partial charge in [0, 0.05) is 32.1 Å². The number of hydrogen-bond acceptors (Lipinski definition) is 4. The molecular weight excluding hydrogens is 352 g/mol. The van der Waals surface area contributed by atoms with E-state index in [1.807, 2.05) is 37.3 Å². The first-order valence-electron chi connectivity index (χ1n) is 9.22. The van der Waals surface area contributed by atoms with Crippen LogP contribution in [0.5, 0.6) is 0 Å². The lowest BCUT2D eigenvalue weighted by molar-refractivity contribution is -0.137. The predicted octanol–water partition coefficient (Wildman–Crippen LogP) is 1.46. The van der Waals surface area contributed by atoms with Crippen molar-refractivity contribution in [2.24, 2.45) is 5.92 Å². The Morgan fingerprint density at radius 3 is 2.62 bits per heavy atom. The normalized spacial score (nSPS) is 24.8. The summed E-state index contributed by atoms with van der Waals surface area (Å²) >= 11 is 0. The third-order valence-electron chi connectivity index (χ3n) is 5.18. The summed E-state index contributed by atoms with van der Waals surface area (Å²) < 4.78 is 23.6. The smallest absolute Gasteiger partial charge is 0.228 e. The minimum atomic E-state index is -3.05. The molecule has 0 bridgehead atoms. The summed E-state index contributed by atoms with van der Waals surface area (Å²) in [5.74, 6) is -0.260. The molecule has 0 spiro atoms. The number of likely N-dealkylation sites (tertiary alicyclic amines) is 1. The quantitative estimate of drug-likeness (QED) is 0.751. The molecule has 0 aromatic heterocycles. The van der Waals surface area contributed by atoms with Crippen molar-refractivity contribution in [2.75, 3.05) is 24.6 Å². The molecule has 142 valence electrons. The van der Waals surface area contributed by atoms with Crippen LogP contribution in [-0.4, -0.2) is 60.7 Å². The lowest BCUT2D eigenvalue weighted by Gasteiger charge is -2.30. The Bertz CT molecular complexity index is 763. The van der Waals surface area contributed by atoms with Crippen LogP contribution in [0.15, 0.2) is 30.3 Å². The summed E-state index contributed by atoms with van der Waals surface area (Å²) in [6.07, 6.45) is 1.49. The van der Waals surface area contributed by atoms with Gasteiger partial charge >= 0.3 is 0 Å². The number of hydrogen-bond donors (Lipinski definition) is 0. The minimum Gasteiger partial charge on any atom is -0.338 e. The van der Waals surface area contributed by atoms with E-state index in [0.29, 0.717) is 26.1 Å². The van der Waals surface area contributed by atoms with Gasteiger partial charge < -0.3 is 9.80 Å². The first-order chi connectivity index (χ1) is 12.4. The van der Waals surface area contributed by atoms with Gasteiger partial charge in [0.15, 0.2) is 9.84 Å². The zero-order chi connectivity index (χ0) is 18.7. The van der Waals surface area contributed by atoms with E-state index in [1.165, 1.54) is 0 Å². The predicted molar refractivity (Wildman–Crippen MR) is 99.0 cm³/mol. The van der Waals surface area contributed by atoms with Gasteiger partial charge in [-0.25, -0.2) is 8.42 Å². The standard InChI is InChI=1S/C19H26N2O4S/c1-2-9-21(17-8-10-26(24,25)14-17)19(23)16-11-18(22)20(13-16)12-15-6-4-3-5-7-15/h3-7,16-17H,2,8-14H2,1H3/t16-,17-/m1/s1. The van der Waals surface area contributed by atoms with Crippen LogP contribution in [0.4, 0.5) is 0 Å². The number of benzene rings is 1. The van der Waals surface area contributed by atoms with E-state index in [1.54, 1.807) is 9.80 Å². The number of carbonyl (C=O) groups excluding carboxylic acids is 2. The van der Waals surface area contributed by atoms with Gasteiger partial charge in [-0.15, -0.1) is 0 Å². The largest absolute Gasteiger partial charge is 0.338 e. The highest BCUT2D eigenvalue weighted by atomic mass is 32.2. The van der Waals surface area contributed by atoms with Gasteiger partial charge in [-0.05, 0) is 18.4 Å². The fourth-order valence-corrected chi connectivity index (χ4v) is 5.59. The lowest BCUT2D eigenvalue weighted by Crippen LogP contribution is -2.45. The highest BCUT2D eigenvalue weighted by Gasteiger charge is 2.40. The zero-order valence-corrected chi connectivity index (χ0v) is 16.0. The van der Waals surface area contributed by atoms with Crippen molar-refractivity contribution in [2.45, 2.75) is 38.8 Å². The van der Waals surface area contributed by atoms with E-state index in [0.717, 1.165) is 12.0 Å². The number of amides is 2. The average Bonchev–Trinajstić information content (AvgIpc) is 3.15. The van der Waals surface area contributed by atoms with Crippen LogP contribution in [0.2, 0.25) is 0 Å². The van der Waals surface area contributed by atoms with Gasteiger partial charge in [-0.3, -0.25) is 9.59 Å². The molecule has 26 heavy (non-hydrogen) atoms. The zero-order valence-electron chi connectivity index (χ0n) is 15.1. The van der Waals surface area contributed by atoms with Crippen LogP contribution in [0, 0.1) is 5.92 Å². The second kappa shape index (κ2) is 7.78. The first-order valence-corrected chi connectivity index (χ1v) is 11.0. The summed E-state index contributed by atoms with van der Waals surface area (Å²) in [6.45, 7) is 3.44. The van der Waals surface area contributed by atoms with Crippen molar-refractivity contribution < 1.29 is 18.0 Å². The molecule has 2 aliphatic heterocycles. The summed E-state index contributed by atoms with van der Waals surface area (Å²) in [5, 5.41) is 0. The number of rotatable bonds is 6. The van der Waals surface area contributed by atoms with Crippen LogP contribution < -0.4 is 0 Å². The van der Waals surface area contributed by atoms with Crippen molar-refractivity contribution in [3.8, 4) is 0 Å². The van der Waals surface area contributed by atoms with Gasteiger partial charge in [0.05, 0.1) is 17.4 Å². The third kappa shape index (κ3) is 4.26. The highest BCUT2D eigenvalue weighted by Crippen LogP contribution is 2.26. The van der Waals surface area contributed by atoms with Crippen molar-refractivity contribution in [3.05, 3.63) is 35.9 Å². The second-order valence-electron chi connectivity index (χ2n) is 7.25. The second-order valence-corrected chi connectivity index (χ2v) is 9.48. The van der Waals surface area contributed by atoms with Crippen LogP contribution >= 0.6 is 0 Å². The fraction of sp³-hybridized carbons (Fsp3) is 0.579. The van der Waals surface area contributed by atoms with Gasteiger partial charge in [-0.2, -0.15) is 0 Å². The molecule has 2 atom stereocenters. The lowest BCUT2D eigenvalue weighted by atomic mass is 10.0. The topological polar surface area (TPSA) is 74.8 Å². The third-order valence-corrected chi connectivity index (χ3v) is 6.93. The number of carbonyl (C=O) groups is 2. The van der Waals surface area contributed by atoms with Gasteiger partial charge in [0.2, 0.25) is 11.8 Å². The Kier molecular flexibility index (Phi) is 5.65. The van der Waals surface area contributed by atoms with Crippen LogP contribution in [0.3, 0.4) is 0 Å². The van der Waals surface area contributed by atoms with Crippen molar-refractivity contribution in [1.82, 2.24) is 9.80 Å². The molecule has 2 amide bonds. The molecule has 2 fully saturated rings. The maximum Gasteiger partial charge on any atom is 0.228 e. The minimum absolute atomic E-state index is 0.0114. The molecule has 0 radical (unpaired) electrons. The maximum absolute atomic E-state index is 13.0. The molecule has 6 nitrogen and oxygen atoms in total. The Hall–Kier alpha value is -1.89. The van der Waals surface area contributed by atoms with E-state index in [2.05, 4.69) is 0 Å². The summed E-state index contributed by atoms with van der Waals surface area (Å²) in [7, 11) is -3.05. The molecule has 1 aromatic carbocycles. The van der Waals surface area contributed by atoms with Crippen LogP contribution in [0.1, 0.15) is 31.7 Å². The summed E-state index contributed by atoms with van der Waals surface area (Å²) in [6, 6.07) is 9.49. The van der Waals surface area contributed by atoms with Gasteiger partial charge in [0.1, 0.15) is 0 Å². The molecule has 1 aromatic rings. The van der Waals surface area contributed by atoms with Crippen LogP contribution in [0.25, 0.3) is 0 Å². The molecule has 2 heterocycles. The SMILES string of the molecule is CCCN(C(=O)[C@@H]1CC(=O)N(Cc2ccccc2)C1)[C@@H]1CCS(=O)(=O)C1. The molecule has 0 aliphatic carbocycles. The van der Waals surface area contributed by atoms with E-state index in [9.17, 15) is 18.0 Å². The van der Waals surface area contributed by atoms with E-state index < -0.39 is 9.84 Å².